The predicted octanol–water partition coefficient (Wildman–Crippen LogP) is 2.33. The van der Waals surface area contributed by atoms with Gasteiger partial charge in [-0.05, 0) is 18.2 Å². The van der Waals surface area contributed by atoms with Crippen LogP contribution >= 0.6 is 0 Å². The lowest BCUT2D eigenvalue weighted by Crippen LogP contribution is -2.42. The lowest BCUT2D eigenvalue weighted by Gasteiger charge is -2.34. The highest BCUT2D eigenvalue weighted by Crippen LogP contribution is 2.51. The first kappa shape index (κ1) is 15.4. The molecule has 0 radical (unpaired) electrons. The molecule has 0 bridgehead atoms. The number of carbonyl (C=O) groups excluding carboxylic acids is 1. The van der Waals surface area contributed by atoms with Gasteiger partial charge in [-0.3, -0.25) is 4.79 Å². The van der Waals surface area contributed by atoms with Crippen molar-refractivity contribution in [3.05, 3.63) is 53.6 Å². The van der Waals surface area contributed by atoms with Crippen molar-refractivity contribution in [1.82, 2.24) is 24.5 Å². The molecule has 4 heterocycles. The molecule has 1 N–H and O–H groups in total. The predicted molar refractivity (Wildman–Crippen MR) is 84.1 cm³/mol. The van der Waals surface area contributed by atoms with Gasteiger partial charge in [-0.15, -0.1) is 0 Å². The Morgan fingerprint density at radius 3 is 2.92 bits per heavy atom. The zero-order chi connectivity index (χ0) is 18.1. The van der Waals surface area contributed by atoms with Gasteiger partial charge in [0.15, 0.2) is 0 Å². The topological polar surface area (TPSA) is 66.3 Å². The minimum atomic E-state index is -2.95. The maximum Gasteiger partial charge on any atom is 0.260 e. The maximum atomic E-state index is 14.0. The molecule has 1 saturated carbocycles. The SMILES string of the molecule is O=C([C@H]1CC1(F)F)N1CCc2[nH]cnc2C1c1cc2c(F)cccn2n1. The summed E-state index contributed by atoms with van der Waals surface area (Å²) in [5, 5.41) is 4.37. The number of hydrogen-bond acceptors (Lipinski definition) is 3. The van der Waals surface area contributed by atoms with Crippen molar-refractivity contribution in [1.29, 1.82) is 0 Å². The lowest BCUT2D eigenvalue weighted by atomic mass is 9.99. The van der Waals surface area contributed by atoms with Crippen LogP contribution in [0.25, 0.3) is 5.52 Å². The fraction of sp³-hybridized carbons (Fsp3) is 0.353. The van der Waals surface area contributed by atoms with E-state index < -0.39 is 36.0 Å². The zero-order valence-electron chi connectivity index (χ0n) is 13.5. The second-order valence-corrected chi connectivity index (χ2v) is 6.72. The molecule has 1 aliphatic carbocycles. The highest BCUT2D eigenvalue weighted by molar-refractivity contribution is 5.84. The van der Waals surface area contributed by atoms with E-state index in [9.17, 15) is 18.0 Å². The number of carbonyl (C=O) groups is 1. The van der Waals surface area contributed by atoms with Gasteiger partial charge < -0.3 is 9.88 Å². The Hall–Kier alpha value is -2.84. The quantitative estimate of drug-likeness (QED) is 0.762. The van der Waals surface area contributed by atoms with Gasteiger partial charge in [-0.25, -0.2) is 22.7 Å². The monoisotopic (exact) mass is 361 g/mol. The Labute approximate surface area is 145 Å². The number of nitrogens with one attached hydrogen (secondary N) is 1. The first-order valence-electron chi connectivity index (χ1n) is 8.30. The van der Waals surface area contributed by atoms with Gasteiger partial charge in [-0.2, -0.15) is 5.10 Å². The molecule has 1 amide bonds. The third-order valence-electron chi connectivity index (χ3n) is 5.08. The average Bonchev–Trinajstić information content (AvgIpc) is 2.99. The number of amides is 1. The van der Waals surface area contributed by atoms with E-state index in [2.05, 4.69) is 15.1 Å². The number of alkyl halides is 2. The van der Waals surface area contributed by atoms with Crippen LogP contribution < -0.4 is 0 Å². The molecule has 1 fully saturated rings. The van der Waals surface area contributed by atoms with Crippen LogP contribution in [0.4, 0.5) is 13.2 Å². The van der Waals surface area contributed by atoms with Gasteiger partial charge in [0.2, 0.25) is 5.91 Å². The number of fused-ring (bicyclic) bond motifs is 2. The molecule has 134 valence electrons. The Morgan fingerprint density at radius 2 is 2.19 bits per heavy atom. The molecule has 26 heavy (non-hydrogen) atoms. The number of halogens is 3. The van der Waals surface area contributed by atoms with Gasteiger partial charge in [0.1, 0.15) is 23.3 Å². The number of aromatic amines is 1. The summed E-state index contributed by atoms with van der Waals surface area (Å²) in [5.74, 6) is -5.29. The second kappa shape index (κ2) is 5.09. The van der Waals surface area contributed by atoms with Gasteiger partial charge in [0.05, 0.1) is 17.7 Å². The second-order valence-electron chi connectivity index (χ2n) is 6.72. The van der Waals surface area contributed by atoms with Crippen LogP contribution in [0.3, 0.4) is 0 Å². The number of nitrogens with zero attached hydrogens (tertiary/aromatic N) is 4. The van der Waals surface area contributed by atoms with E-state index in [4.69, 9.17) is 0 Å². The number of imidazole rings is 1. The highest BCUT2D eigenvalue weighted by Gasteiger charge is 2.63. The van der Waals surface area contributed by atoms with Gasteiger partial charge >= 0.3 is 0 Å². The zero-order valence-corrected chi connectivity index (χ0v) is 13.5. The molecule has 0 spiro atoms. The fourth-order valence-electron chi connectivity index (χ4n) is 3.63. The van der Waals surface area contributed by atoms with Gasteiger partial charge in [0.25, 0.3) is 5.92 Å². The highest BCUT2D eigenvalue weighted by atomic mass is 19.3. The van der Waals surface area contributed by atoms with Crippen molar-refractivity contribution < 1.29 is 18.0 Å². The number of rotatable bonds is 2. The van der Waals surface area contributed by atoms with Crippen LogP contribution in [-0.4, -0.2) is 42.9 Å². The summed E-state index contributed by atoms with van der Waals surface area (Å²) in [7, 11) is 0. The molecule has 9 heteroatoms. The van der Waals surface area contributed by atoms with Crippen molar-refractivity contribution in [2.24, 2.45) is 5.92 Å². The fourth-order valence-corrected chi connectivity index (χ4v) is 3.63. The Bertz CT molecular complexity index is 1030. The minimum absolute atomic E-state index is 0.259. The Kier molecular flexibility index (Phi) is 3.02. The maximum absolute atomic E-state index is 14.0. The van der Waals surface area contributed by atoms with Crippen molar-refractivity contribution >= 4 is 11.4 Å². The van der Waals surface area contributed by atoms with E-state index in [0.29, 0.717) is 17.8 Å². The molecular formula is C17H14F3N5O. The van der Waals surface area contributed by atoms with Crippen LogP contribution in [0, 0.1) is 11.7 Å². The third-order valence-corrected chi connectivity index (χ3v) is 5.08. The van der Waals surface area contributed by atoms with Crippen LogP contribution in [0.1, 0.15) is 29.5 Å². The van der Waals surface area contributed by atoms with Gasteiger partial charge in [0, 0.05) is 31.3 Å². The van der Waals surface area contributed by atoms with Crippen LogP contribution in [0.15, 0.2) is 30.7 Å². The minimum Gasteiger partial charge on any atom is -0.348 e. The van der Waals surface area contributed by atoms with E-state index in [1.165, 1.54) is 33.9 Å². The smallest absolute Gasteiger partial charge is 0.260 e. The number of aromatic nitrogens is 4. The summed E-state index contributed by atoms with van der Waals surface area (Å²) >= 11 is 0. The first-order valence-corrected chi connectivity index (χ1v) is 8.30. The molecule has 0 aromatic carbocycles. The summed E-state index contributed by atoms with van der Waals surface area (Å²) in [5.41, 5.74) is 2.06. The molecule has 0 saturated heterocycles. The van der Waals surface area contributed by atoms with Crippen molar-refractivity contribution in [3.63, 3.8) is 0 Å². The van der Waals surface area contributed by atoms with Crippen molar-refractivity contribution in [2.45, 2.75) is 24.8 Å². The Morgan fingerprint density at radius 1 is 1.38 bits per heavy atom. The summed E-state index contributed by atoms with van der Waals surface area (Å²) in [6.45, 7) is 0.279. The number of hydrogen-bond donors (Lipinski definition) is 1. The normalized spacial score (nSPS) is 23.9. The molecule has 2 atom stereocenters. The number of pyridine rings is 1. The van der Waals surface area contributed by atoms with Crippen LogP contribution in [-0.2, 0) is 11.2 Å². The van der Waals surface area contributed by atoms with E-state index in [0.717, 1.165) is 5.69 Å². The molecule has 3 aromatic rings. The van der Waals surface area contributed by atoms with E-state index in [-0.39, 0.29) is 12.1 Å². The van der Waals surface area contributed by atoms with Crippen LogP contribution in [0.2, 0.25) is 0 Å². The molecule has 6 nitrogen and oxygen atoms in total. The number of H-pyrrole nitrogens is 1. The molecule has 5 rings (SSSR count). The summed E-state index contributed by atoms with van der Waals surface area (Å²) in [6, 6.07) is 3.66. The Balaban J connectivity index is 1.61. The summed E-state index contributed by atoms with van der Waals surface area (Å²) in [6.07, 6.45) is 3.17. The van der Waals surface area contributed by atoms with Gasteiger partial charge in [-0.1, -0.05) is 0 Å². The molecular weight excluding hydrogens is 347 g/mol. The average molecular weight is 361 g/mol. The van der Waals surface area contributed by atoms with Crippen molar-refractivity contribution in [2.75, 3.05) is 6.54 Å². The van der Waals surface area contributed by atoms with E-state index >= 15 is 0 Å². The molecule has 1 unspecified atom stereocenters. The molecule has 1 aliphatic heterocycles. The van der Waals surface area contributed by atoms with Crippen LogP contribution in [0.5, 0.6) is 0 Å². The lowest BCUT2D eigenvalue weighted by molar-refractivity contribution is -0.137. The molecule has 2 aliphatic rings. The molecule has 3 aromatic heterocycles. The standard InChI is InChI=1S/C17H14F3N5O/c18-10-2-1-4-25-13(10)6-12(23-25)15-14-11(21-8-22-14)3-5-24(15)16(26)9-7-17(9,19)20/h1-2,4,6,8-9,15H,3,5,7H2,(H,21,22)/t9-,15?/m1/s1. The largest absolute Gasteiger partial charge is 0.348 e. The summed E-state index contributed by atoms with van der Waals surface area (Å²) < 4.78 is 42.3. The first-order chi connectivity index (χ1) is 12.5. The third kappa shape index (κ3) is 2.16. The van der Waals surface area contributed by atoms with E-state index in [1.807, 2.05) is 0 Å². The summed E-state index contributed by atoms with van der Waals surface area (Å²) in [4.78, 5) is 21.4. The van der Waals surface area contributed by atoms with Crippen molar-refractivity contribution in [3.8, 4) is 0 Å². The van der Waals surface area contributed by atoms with E-state index in [1.54, 1.807) is 6.20 Å².